The Hall–Kier alpha value is -3.09. The first kappa shape index (κ1) is 34.3. The zero-order valence-electron chi connectivity index (χ0n) is 27.5. The highest BCUT2D eigenvalue weighted by Crippen LogP contribution is 2.46. The van der Waals surface area contributed by atoms with Crippen LogP contribution < -0.4 is 20.1 Å². The Bertz CT molecular complexity index is 1610. The van der Waals surface area contributed by atoms with Crippen LogP contribution in [0.3, 0.4) is 0 Å². The number of amides is 2. The molecule has 0 bridgehead atoms. The van der Waals surface area contributed by atoms with Gasteiger partial charge >= 0.3 is 10.2 Å². The Morgan fingerprint density at radius 3 is 2.39 bits per heavy atom. The first-order valence-corrected chi connectivity index (χ1v) is 17.5. The average Bonchev–Trinajstić information content (AvgIpc) is 3.50. The van der Waals surface area contributed by atoms with Crippen LogP contribution in [0.25, 0.3) is 11.1 Å². The lowest BCUT2D eigenvalue weighted by atomic mass is 9.76. The largest absolute Gasteiger partial charge is 0.490 e. The molecule has 0 aromatic heterocycles. The van der Waals surface area contributed by atoms with E-state index in [9.17, 15) is 18.0 Å². The molecule has 2 aromatic rings. The molecule has 3 N–H and O–H groups in total. The van der Waals surface area contributed by atoms with Gasteiger partial charge < -0.3 is 15.4 Å². The minimum Gasteiger partial charge on any atom is -0.490 e. The number of alkyl halides is 1. The fourth-order valence-electron chi connectivity index (χ4n) is 6.62. The monoisotopic (exact) mass is 660 g/mol. The number of rotatable bonds is 10. The maximum absolute atomic E-state index is 15.4. The van der Waals surface area contributed by atoms with E-state index in [1.165, 1.54) is 20.2 Å². The van der Waals surface area contributed by atoms with Crippen LogP contribution in [-0.2, 0) is 25.2 Å². The van der Waals surface area contributed by atoms with Gasteiger partial charge in [0.15, 0.2) is 0 Å². The van der Waals surface area contributed by atoms with Gasteiger partial charge in [-0.2, -0.15) is 12.7 Å². The normalized spacial score (nSPS) is 24.9. The molecule has 2 aromatic carbocycles. The Morgan fingerprint density at radius 1 is 1.07 bits per heavy atom. The second-order valence-electron chi connectivity index (χ2n) is 14.5. The lowest BCUT2D eigenvalue weighted by Gasteiger charge is -2.30. The Kier molecular flexibility index (Phi) is 9.31. The SMILES string of the molecule is CN(C)S(=O)(=O)NC(=O)C(C)(C)c1ccc(O[C@@H]2CC[C@@H](NC(=O)[C@@]3(F)CNC(C)(C)C3)C2)c(-c2cccc(F)c2C2CCC2)c1. The smallest absolute Gasteiger partial charge is 0.303 e. The van der Waals surface area contributed by atoms with Gasteiger partial charge in [0.1, 0.15) is 17.7 Å². The maximum atomic E-state index is 15.4. The molecule has 3 atom stereocenters. The van der Waals surface area contributed by atoms with Crippen LogP contribution in [0.2, 0.25) is 0 Å². The van der Waals surface area contributed by atoms with Crippen molar-refractivity contribution in [2.75, 3.05) is 20.6 Å². The highest BCUT2D eigenvalue weighted by atomic mass is 32.2. The van der Waals surface area contributed by atoms with Gasteiger partial charge in [0.2, 0.25) is 11.6 Å². The molecule has 12 heteroatoms. The Labute approximate surface area is 271 Å². The average molecular weight is 661 g/mol. The summed E-state index contributed by atoms with van der Waals surface area (Å²) in [4.78, 5) is 26.2. The zero-order chi connectivity index (χ0) is 33.7. The quantitative estimate of drug-likeness (QED) is 0.336. The molecular weight excluding hydrogens is 614 g/mol. The van der Waals surface area contributed by atoms with Crippen molar-refractivity contribution in [1.29, 1.82) is 0 Å². The number of nitrogens with zero attached hydrogens (tertiary/aromatic N) is 1. The minimum absolute atomic E-state index is 0.0272. The number of benzene rings is 2. The molecule has 0 unspecified atom stereocenters. The van der Waals surface area contributed by atoms with E-state index in [4.69, 9.17) is 4.74 Å². The molecule has 3 fully saturated rings. The molecule has 252 valence electrons. The molecular formula is C34H46F2N4O5S. The van der Waals surface area contributed by atoms with Crippen molar-refractivity contribution in [3.05, 3.63) is 53.3 Å². The van der Waals surface area contributed by atoms with Crippen molar-refractivity contribution in [3.8, 4) is 16.9 Å². The highest BCUT2D eigenvalue weighted by Gasteiger charge is 2.50. The van der Waals surface area contributed by atoms with E-state index in [0.717, 1.165) is 23.6 Å². The standard InChI is InChI=1S/C34H46F2N4O5S/c1-32(2)19-34(36,20-37-32)31(42)38-23-14-15-24(18-23)45-28-16-13-22(33(3,4)30(41)39-46(43,44)40(5)6)17-26(28)25-11-8-12-27(35)29(25)21-9-7-10-21/h8,11-13,16-17,21,23-24,37H,7,9-10,14-15,18-20H2,1-6H3,(H,38,42)(H,39,41)/t23-,24-,34+/m1/s1. The van der Waals surface area contributed by atoms with Gasteiger partial charge in [0.25, 0.3) is 5.91 Å². The van der Waals surface area contributed by atoms with Crippen LogP contribution in [-0.4, -0.2) is 68.5 Å². The van der Waals surface area contributed by atoms with Gasteiger partial charge in [0, 0.05) is 50.6 Å². The van der Waals surface area contributed by atoms with E-state index < -0.39 is 38.6 Å². The number of hydrogen-bond acceptors (Lipinski definition) is 6. The highest BCUT2D eigenvalue weighted by molar-refractivity contribution is 7.87. The van der Waals surface area contributed by atoms with Gasteiger partial charge in [-0.3, -0.25) is 9.59 Å². The zero-order valence-corrected chi connectivity index (χ0v) is 28.3. The van der Waals surface area contributed by atoms with E-state index in [1.807, 2.05) is 19.9 Å². The third-order valence-electron chi connectivity index (χ3n) is 9.82. The molecule has 0 spiro atoms. The number of carbonyl (C=O) groups excluding carboxylic acids is 2. The number of ether oxygens (including phenoxy) is 1. The van der Waals surface area contributed by atoms with Crippen LogP contribution in [0.4, 0.5) is 8.78 Å². The van der Waals surface area contributed by atoms with Crippen molar-refractivity contribution in [2.24, 2.45) is 0 Å². The van der Waals surface area contributed by atoms with E-state index in [-0.39, 0.29) is 36.8 Å². The second kappa shape index (κ2) is 12.5. The van der Waals surface area contributed by atoms with Gasteiger partial charge in [-0.1, -0.05) is 24.6 Å². The molecule has 1 heterocycles. The van der Waals surface area contributed by atoms with Gasteiger partial charge in [-0.05, 0) is 94.2 Å². The van der Waals surface area contributed by atoms with Gasteiger partial charge in [0.05, 0.1) is 5.41 Å². The number of halogens is 2. The topological polar surface area (TPSA) is 117 Å². The second-order valence-corrected chi connectivity index (χ2v) is 16.4. The third kappa shape index (κ3) is 6.94. The predicted octanol–water partition coefficient (Wildman–Crippen LogP) is 4.86. The summed E-state index contributed by atoms with van der Waals surface area (Å²) < 4.78 is 65.3. The summed E-state index contributed by atoms with van der Waals surface area (Å²) in [6.07, 6.45) is 4.29. The van der Waals surface area contributed by atoms with Crippen LogP contribution in [0, 0.1) is 5.82 Å². The van der Waals surface area contributed by atoms with E-state index in [0.29, 0.717) is 47.3 Å². The molecule has 2 aliphatic carbocycles. The molecule has 2 saturated carbocycles. The first-order chi connectivity index (χ1) is 21.4. The maximum Gasteiger partial charge on any atom is 0.303 e. The Balaban J connectivity index is 1.43. The third-order valence-corrected chi connectivity index (χ3v) is 11.2. The van der Waals surface area contributed by atoms with Gasteiger partial charge in [-0.15, -0.1) is 0 Å². The lowest BCUT2D eigenvalue weighted by Crippen LogP contribution is -2.48. The van der Waals surface area contributed by atoms with Crippen LogP contribution >= 0.6 is 0 Å². The molecule has 1 aliphatic heterocycles. The van der Waals surface area contributed by atoms with E-state index >= 15 is 8.78 Å². The Morgan fingerprint density at radius 2 is 1.78 bits per heavy atom. The van der Waals surface area contributed by atoms with Crippen LogP contribution in [0.1, 0.15) is 89.7 Å². The molecule has 9 nitrogen and oxygen atoms in total. The summed E-state index contributed by atoms with van der Waals surface area (Å²) >= 11 is 0. The fourth-order valence-corrected chi connectivity index (χ4v) is 7.29. The summed E-state index contributed by atoms with van der Waals surface area (Å²) in [6, 6.07) is 9.94. The van der Waals surface area contributed by atoms with Crippen molar-refractivity contribution in [2.45, 2.75) is 107 Å². The molecule has 1 saturated heterocycles. The fraction of sp³-hybridized carbons (Fsp3) is 0.588. The summed E-state index contributed by atoms with van der Waals surface area (Å²) in [7, 11) is -1.35. The predicted molar refractivity (Wildman–Crippen MR) is 173 cm³/mol. The van der Waals surface area contributed by atoms with Crippen molar-refractivity contribution < 1.29 is 31.5 Å². The minimum atomic E-state index is -4.02. The number of carbonyl (C=O) groups is 2. The molecule has 46 heavy (non-hydrogen) atoms. The van der Waals surface area contributed by atoms with E-state index in [1.54, 1.807) is 38.1 Å². The van der Waals surface area contributed by atoms with Crippen LogP contribution in [0.5, 0.6) is 5.75 Å². The number of hydrogen-bond donors (Lipinski definition) is 3. The summed E-state index contributed by atoms with van der Waals surface area (Å²) in [5, 5.41) is 5.97. The molecule has 3 aliphatic rings. The van der Waals surface area contributed by atoms with Gasteiger partial charge in [-0.25, -0.2) is 13.5 Å². The summed E-state index contributed by atoms with van der Waals surface area (Å²) in [6.45, 7) is 6.99. The first-order valence-electron chi connectivity index (χ1n) is 16.0. The molecule has 2 amide bonds. The summed E-state index contributed by atoms with van der Waals surface area (Å²) in [5.41, 5.74) is -1.29. The van der Waals surface area contributed by atoms with Crippen molar-refractivity contribution in [1.82, 2.24) is 19.7 Å². The van der Waals surface area contributed by atoms with Crippen molar-refractivity contribution in [3.63, 3.8) is 0 Å². The molecule has 5 rings (SSSR count). The lowest BCUT2D eigenvalue weighted by molar-refractivity contribution is -0.132. The summed E-state index contributed by atoms with van der Waals surface area (Å²) in [5.74, 6) is -1.07. The van der Waals surface area contributed by atoms with E-state index in [2.05, 4.69) is 15.4 Å². The molecule has 0 radical (unpaired) electrons. The van der Waals surface area contributed by atoms with Crippen LogP contribution in [0.15, 0.2) is 36.4 Å². The van der Waals surface area contributed by atoms with Crippen molar-refractivity contribution >= 4 is 22.0 Å². The number of nitrogens with one attached hydrogen (secondary N) is 3.